The van der Waals surface area contributed by atoms with Gasteiger partial charge in [-0.05, 0) is 92.2 Å². The molecule has 0 unspecified atom stereocenters. The smallest absolute Gasteiger partial charge is 0.268 e. The Morgan fingerprint density at radius 3 is 2.24 bits per heavy atom. The van der Waals surface area contributed by atoms with Gasteiger partial charge in [-0.1, -0.05) is 38.3 Å². The molecular weight excluding hydrogens is 519 g/mol. The summed E-state index contributed by atoms with van der Waals surface area (Å²) in [5.41, 5.74) is 1.38. The Morgan fingerprint density at radius 1 is 1.00 bits per heavy atom. The molecule has 41 heavy (non-hydrogen) atoms. The molecule has 0 spiro atoms. The quantitative estimate of drug-likeness (QED) is 0.340. The molecule has 0 bridgehead atoms. The van der Waals surface area contributed by atoms with Crippen LogP contribution in [0.2, 0.25) is 0 Å². The van der Waals surface area contributed by atoms with Crippen molar-refractivity contribution in [3.8, 4) is 0 Å². The molecule has 0 aliphatic heterocycles. The summed E-state index contributed by atoms with van der Waals surface area (Å²) >= 11 is 0. The van der Waals surface area contributed by atoms with E-state index in [0.717, 1.165) is 69.8 Å². The molecule has 3 N–H and O–H groups in total. The van der Waals surface area contributed by atoms with E-state index in [1.54, 1.807) is 7.05 Å². The van der Waals surface area contributed by atoms with Gasteiger partial charge in [0.05, 0.1) is 5.41 Å². The largest absolute Gasteiger partial charge is 0.355 e. The van der Waals surface area contributed by atoms with Gasteiger partial charge in [-0.25, -0.2) is 4.39 Å². The minimum atomic E-state index is -0.712. The molecule has 6 rings (SSSR count). The van der Waals surface area contributed by atoms with Crippen molar-refractivity contribution in [1.82, 2.24) is 15.2 Å². The third-order valence-electron chi connectivity index (χ3n) is 10.3. The molecule has 1 atom stereocenters. The van der Waals surface area contributed by atoms with E-state index in [0.29, 0.717) is 24.1 Å². The summed E-state index contributed by atoms with van der Waals surface area (Å²) in [6.45, 7) is 2.95. The molecule has 8 heteroatoms. The number of halogens is 1. The topological polar surface area (TPSA) is 92.2 Å². The van der Waals surface area contributed by atoms with Crippen LogP contribution in [-0.2, 0) is 22.1 Å². The molecule has 1 aromatic carbocycles. The maximum Gasteiger partial charge on any atom is 0.268 e. The number of benzene rings is 1. The normalized spacial score (nSPS) is 21.7. The van der Waals surface area contributed by atoms with Crippen LogP contribution in [0.15, 0.2) is 36.5 Å². The fourth-order valence-electron chi connectivity index (χ4n) is 7.35. The lowest BCUT2D eigenvalue weighted by atomic mass is 9.70. The summed E-state index contributed by atoms with van der Waals surface area (Å²) in [4.78, 5) is 40.8. The van der Waals surface area contributed by atoms with Gasteiger partial charge >= 0.3 is 0 Å². The number of hydrogen-bond acceptors (Lipinski definition) is 3. The van der Waals surface area contributed by atoms with Gasteiger partial charge in [-0.15, -0.1) is 0 Å². The summed E-state index contributed by atoms with van der Waals surface area (Å²) in [5, 5.41) is 9.36. The van der Waals surface area contributed by atoms with Crippen molar-refractivity contribution in [3.05, 3.63) is 53.6 Å². The highest BCUT2D eigenvalue weighted by molar-refractivity contribution is 6.01. The zero-order valence-electron chi connectivity index (χ0n) is 24.3. The predicted molar refractivity (Wildman–Crippen MR) is 156 cm³/mol. The van der Waals surface area contributed by atoms with E-state index in [4.69, 9.17) is 0 Å². The Bertz CT molecular complexity index is 1310. The SMILES string of the molecule is Cn1cc(F)cc1C(=O)N[C@H](C(=O)Nc1cccc(C2(C(=O)NCC3(C)CCC3)CCCC2)c1)C(C1CC1)C1CC1. The van der Waals surface area contributed by atoms with Crippen molar-refractivity contribution < 1.29 is 18.8 Å². The molecule has 4 saturated carbocycles. The number of aryl methyl sites for hydroxylation is 1. The molecule has 0 radical (unpaired) electrons. The van der Waals surface area contributed by atoms with Crippen LogP contribution < -0.4 is 16.0 Å². The van der Waals surface area contributed by atoms with E-state index in [-0.39, 0.29) is 28.8 Å². The molecule has 3 amide bonds. The van der Waals surface area contributed by atoms with Gasteiger partial charge in [0.2, 0.25) is 11.8 Å². The molecular formula is C33H43FN4O3. The van der Waals surface area contributed by atoms with E-state index in [9.17, 15) is 18.8 Å². The van der Waals surface area contributed by atoms with Gasteiger partial charge in [0, 0.05) is 31.5 Å². The monoisotopic (exact) mass is 562 g/mol. The van der Waals surface area contributed by atoms with Gasteiger partial charge in [0.25, 0.3) is 5.91 Å². The number of hydrogen-bond donors (Lipinski definition) is 3. The number of aromatic nitrogens is 1. The fraction of sp³-hybridized carbons (Fsp3) is 0.606. The van der Waals surface area contributed by atoms with E-state index < -0.39 is 23.2 Å². The summed E-state index contributed by atoms with van der Waals surface area (Å²) < 4.78 is 15.3. The van der Waals surface area contributed by atoms with Crippen molar-refractivity contribution in [2.24, 2.45) is 30.2 Å². The van der Waals surface area contributed by atoms with Crippen molar-refractivity contribution in [2.75, 3.05) is 11.9 Å². The Balaban J connectivity index is 1.21. The first-order valence-corrected chi connectivity index (χ1v) is 15.5. The minimum Gasteiger partial charge on any atom is -0.355 e. The highest BCUT2D eigenvalue weighted by Crippen LogP contribution is 2.51. The van der Waals surface area contributed by atoms with Gasteiger partial charge in [0.1, 0.15) is 17.6 Å². The van der Waals surface area contributed by atoms with Crippen LogP contribution in [0, 0.1) is 29.0 Å². The number of anilines is 1. The van der Waals surface area contributed by atoms with Crippen molar-refractivity contribution in [2.45, 2.75) is 89.0 Å². The van der Waals surface area contributed by atoms with Gasteiger partial charge in [-0.3, -0.25) is 14.4 Å². The maximum atomic E-state index is 13.9. The molecule has 1 heterocycles. The lowest BCUT2D eigenvalue weighted by molar-refractivity contribution is -0.127. The average Bonchev–Trinajstić information content (AvgIpc) is 3.87. The van der Waals surface area contributed by atoms with Crippen LogP contribution in [0.3, 0.4) is 0 Å². The Kier molecular flexibility index (Phi) is 7.45. The molecule has 4 aliphatic carbocycles. The first kappa shape index (κ1) is 28.0. The minimum absolute atomic E-state index is 0.0621. The van der Waals surface area contributed by atoms with Crippen LogP contribution in [-0.4, -0.2) is 34.9 Å². The second-order valence-corrected chi connectivity index (χ2v) is 13.6. The maximum absolute atomic E-state index is 13.9. The van der Waals surface area contributed by atoms with Crippen LogP contribution in [0.1, 0.15) is 93.6 Å². The van der Waals surface area contributed by atoms with Crippen molar-refractivity contribution >= 4 is 23.4 Å². The van der Waals surface area contributed by atoms with E-state index in [2.05, 4.69) is 22.9 Å². The molecule has 7 nitrogen and oxygen atoms in total. The van der Waals surface area contributed by atoms with Crippen molar-refractivity contribution in [1.29, 1.82) is 0 Å². The lowest BCUT2D eigenvalue weighted by Gasteiger charge is -2.39. The predicted octanol–water partition coefficient (Wildman–Crippen LogP) is 5.46. The number of rotatable bonds is 11. The van der Waals surface area contributed by atoms with Gasteiger partial charge < -0.3 is 20.5 Å². The Labute approximate surface area is 242 Å². The van der Waals surface area contributed by atoms with Gasteiger partial charge in [-0.2, -0.15) is 0 Å². The standard InChI is InChI=1S/C33H43FN4O3/c1-32(13-6-14-32)20-35-31(41)33(15-3-4-16-33)23-7-5-8-25(17-23)36-30(40)28(27(21-9-10-21)22-11-12-22)37-29(39)26-18-24(34)19-38(26)2/h5,7-8,17-19,21-22,27-28H,3-4,6,9-16,20H2,1-2H3,(H,35,41)(H,36,40)(H,37,39)/t28-/m0/s1. The molecule has 4 aliphatic rings. The summed E-state index contributed by atoms with van der Waals surface area (Å²) in [6.07, 6.45) is 12.6. The first-order chi connectivity index (χ1) is 19.7. The third kappa shape index (κ3) is 5.80. The summed E-state index contributed by atoms with van der Waals surface area (Å²) in [5.74, 6) is -0.199. The number of carbonyl (C=O) groups is 3. The van der Waals surface area contributed by atoms with E-state index >= 15 is 0 Å². The second kappa shape index (κ2) is 10.9. The summed E-state index contributed by atoms with van der Waals surface area (Å²) in [7, 11) is 1.62. The number of amides is 3. The van der Waals surface area contributed by atoms with E-state index in [1.807, 2.05) is 24.3 Å². The average molecular weight is 563 g/mol. The van der Waals surface area contributed by atoms with Crippen LogP contribution in [0.25, 0.3) is 0 Å². The number of nitrogens with one attached hydrogen (secondary N) is 3. The molecule has 1 aromatic heterocycles. The van der Waals surface area contributed by atoms with Crippen LogP contribution >= 0.6 is 0 Å². The number of carbonyl (C=O) groups excluding carboxylic acids is 3. The Hall–Kier alpha value is -3.16. The Morgan fingerprint density at radius 2 is 1.68 bits per heavy atom. The third-order valence-corrected chi connectivity index (χ3v) is 10.3. The van der Waals surface area contributed by atoms with E-state index in [1.165, 1.54) is 23.3 Å². The highest BCUT2D eigenvalue weighted by atomic mass is 19.1. The van der Waals surface area contributed by atoms with Crippen molar-refractivity contribution in [3.63, 3.8) is 0 Å². The van der Waals surface area contributed by atoms with Crippen LogP contribution in [0.5, 0.6) is 0 Å². The molecule has 2 aromatic rings. The molecule has 0 saturated heterocycles. The molecule has 4 fully saturated rings. The first-order valence-electron chi connectivity index (χ1n) is 15.5. The summed E-state index contributed by atoms with van der Waals surface area (Å²) in [6, 6.07) is 8.20. The fourth-order valence-corrected chi connectivity index (χ4v) is 7.35. The highest BCUT2D eigenvalue weighted by Gasteiger charge is 2.49. The zero-order chi connectivity index (χ0) is 28.8. The number of nitrogens with zero attached hydrogens (tertiary/aromatic N) is 1. The molecule has 220 valence electrons. The van der Waals surface area contributed by atoms with Gasteiger partial charge in [0.15, 0.2) is 0 Å². The second-order valence-electron chi connectivity index (χ2n) is 13.6. The lowest BCUT2D eigenvalue weighted by Crippen LogP contribution is -2.50. The van der Waals surface area contributed by atoms with Crippen LogP contribution in [0.4, 0.5) is 10.1 Å². The zero-order valence-corrected chi connectivity index (χ0v) is 24.3.